The standard InChI is InChI=1S/C26H24N4O6/c1-17-12-20(15-33-2)23(13-27)25(29-17)35-16-24(31)30-28-14-18-4-8-22(9-5-18)36-26(32)19-6-10-21(34-3)11-7-19/h4-12,14H,15-16H2,1-3H3,(H,30,31). The van der Waals surface area contributed by atoms with Gasteiger partial charge >= 0.3 is 5.97 Å². The van der Waals surface area contributed by atoms with Gasteiger partial charge in [0.25, 0.3) is 5.91 Å². The predicted octanol–water partition coefficient (Wildman–Crippen LogP) is 3.17. The Morgan fingerprint density at radius 3 is 2.42 bits per heavy atom. The molecule has 0 fully saturated rings. The van der Waals surface area contributed by atoms with Crippen molar-refractivity contribution in [1.82, 2.24) is 10.4 Å². The molecule has 0 aliphatic rings. The van der Waals surface area contributed by atoms with Gasteiger partial charge in [0.2, 0.25) is 5.88 Å². The molecule has 3 aromatic rings. The van der Waals surface area contributed by atoms with Crippen LogP contribution in [0.5, 0.6) is 17.4 Å². The number of carbonyl (C=O) groups excluding carboxylic acids is 2. The van der Waals surface area contributed by atoms with E-state index in [1.807, 2.05) is 6.07 Å². The summed E-state index contributed by atoms with van der Waals surface area (Å²) in [5.41, 5.74) is 4.87. The van der Waals surface area contributed by atoms with E-state index >= 15 is 0 Å². The van der Waals surface area contributed by atoms with Gasteiger partial charge < -0.3 is 18.9 Å². The Morgan fingerprint density at radius 2 is 1.78 bits per heavy atom. The van der Waals surface area contributed by atoms with Crippen molar-refractivity contribution in [3.05, 3.63) is 82.5 Å². The molecular formula is C26H24N4O6. The lowest BCUT2D eigenvalue weighted by atomic mass is 10.1. The minimum absolute atomic E-state index is 0.0588. The molecule has 1 aromatic heterocycles. The summed E-state index contributed by atoms with van der Waals surface area (Å²) in [4.78, 5) is 28.5. The van der Waals surface area contributed by atoms with Crippen molar-refractivity contribution in [2.45, 2.75) is 13.5 Å². The van der Waals surface area contributed by atoms with Crippen LogP contribution in [0.25, 0.3) is 0 Å². The van der Waals surface area contributed by atoms with Gasteiger partial charge in [0.05, 0.1) is 25.5 Å². The number of benzene rings is 2. The van der Waals surface area contributed by atoms with Gasteiger partial charge in [0, 0.05) is 18.4 Å². The van der Waals surface area contributed by atoms with Crippen molar-refractivity contribution >= 4 is 18.1 Å². The van der Waals surface area contributed by atoms with Crippen LogP contribution in [0, 0.1) is 18.3 Å². The molecule has 1 N–H and O–H groups in total. The topological polar surface area (TPSA) is 132 Å². The molecule has 10 nitrogen and oxygen atoms in total. The molecule has 0 aliphatic carbocycles. The van der Waals surface area contributed by atoms with Gasteiger partial charge in [-0.25, -0.2) is 15.2 Å². The first kappa shape index (κ1) is 25.9. The number of rotatable bonds is 10. The number of methoxy groups -OCH3 is 2. The van der Waals surface area contributed by atoms with Crippen LogP contribution in [-0.4, -0.2) is 43.9 Å². The van der Waals surface area contributed by atoms with E-state index in [4.69, 9.17) is 18.9 Å². The number of esters is 1. The Labute approximate surface area is 208 Å². The molecule has 1 heterocycles. The van der Waals surface area contributed by atoms with E-state index in [2.05, 4.69) is 15.5 Å². The summed E-state index contributed by atoms with van der Waals surface area (Å²) in [5.74, 6) is 0.0320. The molecule has 36 heavy (non-hydrogen) atoms. The molecule has 0 saturated carbocycles. The number of carbonyl (C=O) groups is 2. The molecule has 10 heteroatoms. The monoisotopic (exact) mass is 488 g/mol. The van der Waals surface area contributed by atoms with E-state index < -0.39 is 11.9 Å². The zero-order chi connectivity index (χ0) is 25.9. The maximum atomic E-state index is 12.2. The quantitative estimate of drug-likeness (QED) is 0.199. The van der Waals surface area contributed by atoms with Crippen LogP contribution >= 0.6 is 0 Å². The first-order chi connectivity index (χ1) is 17.4. The Kier molecular flexibility index (Phi) is 9.08. The van der Waals surface area contributed by atoms with E-state index in [0.717, 1.165) is 0 Å². The van der Waals surface area contributed by atoms with Crippen molar-refractivity contribution < 1.29 is 28.5 Å². The molecule has 3 rings (SSSR count). The summed E-state index contributed by atoms with van der Waals surface area (Å²) in [6, 6.07) is 16.9. The molecular weight excluding hydrogens is 464 g/mol. The highest BCUT2D eigenvalue weighted by molar-refractivity contribution is 5.91. The lowest BCUT2D eigenvalue weighted by Gasteiger charge is -2.10. The highest BCUT2D eigenvalue weighted by atomic mass is 16.5. The maximum absolute atomic E-state index is 12.2. The zero-order valence-corrected chi connectivity index (χ0v) is 20.0. The Morgan fingerprint density at radius 1 is 1.08 bits per heavy atom. The largest absolute Gasteiger partial charge is 0.497 e. The number of nitriles is 1. The average molecular weight is 489 g/mol. The molecule has 0 saturated heterocycles. The van der Waals surface area contributed by atoms with E-state index in [9.17, 15) is 14.9 Å². The number of hydrazone groups is 1. The Bertz CT molecular complexity index is 1280. The van der Waals surface area contributed by atoms with Gasteiger partial charge in [0.1, 0.15) is 23.1 Å². The van der Waals surface area contributed by atoms with E-state index in [-0.39, 0.29) is 24.7 Å². The van der Waals surface area contributed by atoms with Gasteiger partial charge in [-0.15, -0.1) is 0 Å². The SMILES string of the molecule is COCc1cc(C)nc(OCC(=O)NN=Cc2ccc(OC(=O)c3ccc(OC)cc3)cc2)c1C#N. The number of nitrogens with zero attached hydrogens (tertiary/aromatic N) is 3. The number of ether oxygens (including phenoxy) is 4. The highest BCUT2D eigenvalue weighted by Crippen LogP contribution is 2.21. The number of aromatic nitrogens is 1. The molecule has 0 bridgehead atoms. The molecule has 2 aromatic carbocycles. The first-order valence-electron chi connectivity index (χ1n) is 10.7. The average Bonchev–Trinajstić information content (AvgIpc) is 2.88. The third-order valence-electron chi connectivity index (χ3n) is 4.77. The fraction of sp³-hybridized carbons (Fsp3) is 0.192. The molecule has 0 unspecified atom stereocenters. The van der Waals surface area contributed by atoms with Crippen LogP contribution < -0.4 is 19.6 Å². The number of hydrogen-bond donors (Lipinski definition) is 1. The molecule has 0 radical (unpaired) electrons. The van der Waals surface area contributed by atoms with E-state index in [1.54, 1.807) is 68.6 Å². The molecule has 0 atom stereocenters. The van der Waals surface area contributed by atoms with Crippen molar-refractivity contribution in [2.24, 2.45) is 5.10 Å². The van der Waals surface area contributed by atoms with Crippen molar-refractivity contribution in [1.29, 1.82) is 5.26 Å². The normalized spacial score (nSPS) is 10.5. The zero-order valence-electron chi connectivity index (χ0n) is 20.0. The lowest BCUT2D eigenvalue weighted by molar-refractivity contribution is -0.123. The van der Waals surface area contributed by atoms with Crippen LogP contribution in [-0.2, 0) is 16.1 Å². The number of pyridine rings is 1. The summed E-state index contributed by atoms with van der Waals surface area (Å²) in [5, 5.41) is 13.3. The molecule has 0 spiro atoms. The minimum atomic E-state index is -0.531. The van der Waals surface area contributed by atoms with Gasteiger partial charge in [0.15, 0.2) is 6.61 Å². The lowest BCUT2D eigenvalue weighted by Crippen LogP contribution is -2.25. The maximum Gasteiger partial charge on any atom is 0.343 e. The third kappa shape index (κ3) is 7.12. The fourth-order valence-corrected chi connectivity index (χ4v) is 3.06. The third-order valence-corrected chi connectivity index (χ3v) is 4.77. The second-order valence-electron chi connectivity index (χ2n) is 7.42. The van der Waals surface area contributed by atoms with E-state index in [1.165, 1.54) is 13.3 Å². The summed E-state index contributed by atoms with van der Waals surface area (Å²) in [6.07, 6.45) is 1.43. The summed E-state index contributed by atoms with van der Waals surface area (Å²) < 4.78 is 20.9. The number of amides is 1. The number of hydrogen-bond acceptors (Lipinski definition) is 9. The Hall–Kier alpha value is -4.75. The van der Waals surface area contributed by atoms with Crippen molar-refractivity contribution in [2.75, 3.05) is 20.8 Å². The number of nitrogens with one attached hydrogen (secondary N) is 1. The summed E-state index contributed by atoms with van der Waals surface area (Å²) in [6.45, 7) is 1.59. The Balaban J connectivity index is 1.51. The van der Waals surface area contributed by atoms with Gasteiger partial charge in [-0.2, -0.15) is 10.4 Å². The fourth-order valence-electron chi connectivity index (χ4n) is 3.06. The molecule has 184 valence electrons. The van der Waals surface area contributed by atoms with E-state index in [0.29, 0.717) is 33.9 Å². The smallest absolute Gasteiger partial charge is 0.343 e. The summed E-state index contributed by atoms with van der Waals surface area (Å²) >= 11 is 0. The summed E-state index contributed by atoms with van der Waals surface area (Å²) in [7, 11) is 3.07. The van der Waals surface area contributed by atoms with Crippen LogP contribution in [0.4, 0.5) is 0 Å². The second kappa shape index (κ2) is 12.6. The van der Waals surface area contributed by atoms with Crippen molar-refractivity contribution in [3.63, 3.8) is 0 Å². The van der Waals surface area contributed by atoms with Gasteiger partial charge in [-0.05, 0) is 67.1 Å². The van der Waals surface area contributed by atoms with Crippen molar-refractivity contribution in [3.8, 4) is 23.4 Å². The van der Waals surface area contributed by atoms with Crippen LogP contribution in [0.15, 0.2) is 59.7 Å². The van der Waals surface area contributed by atoms with Crippen LogP contribution in [0.2, 0.25) is 0 Å². The predicted molar refractivity (Wildman–Crippen MR) is 130 cm³/mol. The first-order valence-corrected chi connectivity index (χ1v) is 10.7. The highest BCUT2D eigenvalue weighted by Gasteiger charge is 2.14. The molecule has 0 aliphatic heterocycles. The van der Waals surface area contributed by atoms with Crippen LogP contribution in [0.1, 0.15) is 32.7 Å². The van der Waals surface area contributed by atoms with Gasteiger partial charge in [-0.3, -0.25) is 4.79 Å². The number of aryl methyl sites for hydroxylation is 1. The molecule has 1 amide bonds. The van der Waals surface area contributed by atoms with Crippen LogP contribution in [0.3, 0.4) is 0 Å². The van der Waals surface area contributed by atoms with Gasteiger partial charge in [-0.1, -0.05) is 0 Å². The second-order valence-corrected chi connectivity index (χ2v) is 7.42. The minimum Gasteiger partial charge on any atom is -0.497 e.